The highest BCUT2D eigenvalue weighted by Gasteiger charge is 2.01. The lowest BCUT2D eigenvalue weighted by atomic mass is 10.4. The first-order valence-corrected chi connectivity index (χ1v) is 6.39. The summed E-state index contributed by atoms with van der Waals surface area (Å²) in [6.45, 7) is 6.80. The van der Waals surface area contributed by atoms with Crippen LogP contribution in [-0.2, 0) is 11.3 Å². The second-order valence-corrected chi connectivity index (χ2v) is 4.77. The average Bonchev–Trinajstić information content (AvgIpc) is 2.67. The molecule has 0 radical (unpaired) electrons. The Bertz CT molecular complexity index is 291. The Morgan fingerprint density at radius 3 is 2.94 bits per heavy atom. The Morgan fingerprint density at radius 2 is 2.31 bits per heavy atom. The first kappa shape index (κ1) is 13.6. The largest absolute Gasteiger partial charge is 0.383 e. The van der Waals surface area contributed by atoms with E-state index in [-0.39, 0.29) is 0 Å². The monoisotopic (exact) mass is 243 g/mol. The third-order valence-corrected chi connectivity index (χ3v) is 3.41. The molecule has 4 nitrogen and oxygen atoms in total. The summed E-state index contributed by atoms with van der Waals surface area (Å²) in [4.78, 5) is 7.82. The van der Waals surface area contributed by atoms with Crippen molar-refractivity contribution in [1.29, 1.82) is 0 Å². The second kappa shape index (κ2) is 7.73. The van der Waals surface area contributed by atoms with Gasteiger partial charge in [-0.15, -0.1) is 11.3 Å². The van der Waals surface area contributed by atoms with Gasteiger partial charge in [-0.1, -0.05) is 0 Å². The molecule has 0 aliphatic heterocycles. The normalized spacial score (nSPS) is 11.2. The first-order chi connectivity index (χ1) is 7.74. The molecule has 1 aromatic rings. The van der Waals surface area contributed by atoms with Crippen LogP contribution in [0.2, 0.25) is 0 Å². The van der Waals surface area contributed by atoms with Crippen LogP contribution in [0.3, 0.4) is 0 Å². The van der Waals surface area contributed by atoms with Gasteiger partial charge in [-0.05, 0) is 14.0 Å². The maximum absolute atomic E-state index is 5.02. The third kappa shape index (κ3) is 5.03. The Hall–Kier alpha value is -0.490. The summed E-state index contributed by atoms with van der Waals surface area (Å²) in [5.41, 5.74) is 3.04. The molecule has 0 atom stereocenters. The fourth-order valence-corrected chi connectivity index (χ4v) is 2.07. The number of nitrogens with zero attached hydrogens (tertiary/aromatic N) is 2. The molecule has 0 unspecified atom stereocenters. The predicted molar refractivity (Wildman–Crippen MR) is 67.9 cm³/mol. The van der Waals surface area contributed by atoms with E-state index in [1.165, 1.54) is 4.88 Å². The van der Waals surface area contributed by atoms with Gasteiger partial charge in [0.05, 0.1) is 17.8 Å². The van der Waals surface area contributed by atoms with Gasteiger partial charge in [0.2, 0.25) is 0 Å². The van der Waals surface area contributed by atoms with Gasteiger partial charge in [0.1, 0.15) is 0 Å². The zero-order chi connectivity index (χ0) is 11.8. The number of methoxy groups -OCH3 is 1. The molecule has 0 spiro atoms. The van der Waals surface area contributed by atoms with Crippen molar-refractivity contribution in [1.82, 2.24) is 15.2 Å². The van der Waals surface area contributed by atoms with E-state index in [0.717, 1.165) is 38.5 Å². The first-order valence-electron chi connectivity index (χ1n) is 5.51. The number of likely N-dealkylation sites (N-methyl/N-ethyl adjacent to an activating group) is 1. The summed E-state index contributed by atoms with van der Waals surface area (Å²) >= 11 is 1.72. The van der Waals surface area contributed by atoms with E-state index in [1.54, 1.807) is 18.4 Å². The van der Waals surface area contributed by atoms with Crippen molar-refractivity contribution < 1.29 is 4.74 Å². The fourth-order valence-electron chi connectivity index (χ4n) is 1.33. The van der Waals surface area contributed by atoms with Crippen LogP contribution in [0, 0.1) is 6.92 Å². The zero-order valence-electron chi connectivity index (χ0n) is 10.3. The Labute approximate surface area is 102 Å². The maximum atomic E-state index is 5.02. The van der Waals surface area contributed by atoms with Gasteiger partial charge in [0.25, 0.3) is 0 Å². The number of aryl methyl sites for hydroxylation is 1. The molecule has 0 aliphatic rings. The van der Waals surface area contributed by atoms with Crippen LogP contribution in [0.5, 0.6) is 0 Å². The van der Waals surface area contributed by atoms with Gasteiger partial charge in [0.15, 0.2) is 0 Å². The van der Waals surface area contributed by atoms with Crippen LogP contribution in [0.4, 0.5) is 0 Å². The van der Waals surface area contributed by atoms with E-state index in [2.05, 4.69) is 29.2 Å². The van der Waals surface area contributed by atoms with Crippen LogP contribution >= 0.6 is 11.3 Å². The maximum Gasteiger partial charge on any atom is 0.0798 e. The van der Waals surface area contributed by atoms with Gasteiger partial charge < -0.3 is 15.0 Å². The summed E-state index contributed by atoms with van der Waals surface area (Å²) in [7, 11) is 3.84. The van der Waals surface area contributed by atoms with E-state index >= 15 is 0 Å². The van der Waals surface area contributed by atoms with Gasteiger partial charge >= 0.3 is 0 Å². The van der Waals surface area contributed by atoms with Gasteiger partial charge in [-0.2, -0.15) is 0 Å². The number of rotatable bonds is 8. The Morgan fingerprint density at radius 1 is 1.50 bits per heavy atom. The number of thiazole rings is 1. The van der Waals surface area contributed by atoms with Crippen molar-refractivity contribution >= 4 is 11.3 Å². The number of hydrogen-bond acceptors (Lipinski definition) is 5. The topological polar surface area (TPSA) is 37.4 Å². The number of nitrogens with one attached hydrogen (secondary N) is 1. The summed E-state index contributed by atoms with van der Waals surface area (Å²) < 4.78 is 5.02. The molecular weight excluding hydrogens is 222 g/mol. The number of hydrogen-bond donors (Lipinski definition) is 1. The summed E-state index contributed by atoms with van der Waals surface area (Å²) in [5.74, 6) is 0. The minimum Gasteiger partial charge on any atom is -0.383 e. The van der Waals surface area contributed by atoms with E-state index in [1.807, 2.05) is 5.51 Å². The van der Waals surface area contributed by atoms with E-state index in [4.69, 9.17) is 4.74 Å². The molecule has 1 heterocycles. The smallest absolute Gasteiger partial charge is 0.0798 e. The lowest BCUT2D eigenvalue weighted by Gasteiger charge is -2.15. The highest BCUT2D eigenvalue weighted by Crippen LogP contribution is 2.10. The van der Waals surface area contributed by atoms with Crippen LogP contribution < -0.4 is 5.32 Å². The van der Waals surface area contributed by atoms with E-state index in [0.29, 0.717) is 0 Å². The molecule has 0 amide bonds. The Kier molecular flexibility index (Phi) is 6.56. The van der Waals surface area contributed by atoms with E-state index in [9.17, 15) is 0 Å². The molecule has 1 N–H and O–H groups in total. The molecule has 1 aromatic heterocycles. The highest BCUT2D eigenvalue weighted by atomic mass is 32.1. The molecule has 5 heteroatoms. The van der Waals surface area contributed by atoms with Gasteiger partial charge in [-0.3, -0.25) is 0 Å². The summed E-state index contributed by atoms with van der Waals surface area (Å²) in [5, 5.41) is 3.42. The fraction of sp³-hybridized carbons (Fsp3) is 0.727. The third-order valence-electron chi connectivity index (χ3n) is 2.48. The molecule has 0 bridgehead atoms. The quantitative estimate of drug-likeness (QED) is 0.694. The van der Waals surface area contributed by atoms with Crippen molar-refractivity contribution in [3.05, 3.63) is 16.1 Å². The lowest BCUT2D eigenvalue weighted by molar-refractivity contribution is 0.161. The van der Waals surface area contributed by atoms with Crippen LogP contribution in [0.15, 0.2) is 5.51 Å². The zero-order valence-corrected chi connectivity index (χ0v) is 11.1. The SMILES string of the molecule is COCCN(C)CCNCc1scnc1C. The summed E-state index contributed by atoms with van der Waals surface area (Å²) in [6, 6.07) is 0. The number of aromatic nitrogens is 1. The number of ether oxygens (including phenoxy) is 1. The van der Waals surface area contributed by atoms with Crippen molar-refractivity contribution in [2.45, 2.75) is 13.5 Å². The minimum atomic E-state index is 0.796. The minimum absolute atomic E-state index is 0.796. The van der Waals surface area contributed by atoms with Crippen LogP contribution in [0.1, 0.15) is 10.6 Å². The van der Waals surface area contributed by atoms with Crippen molar-refractivity contribution in [3.8, 4) is 0 Å². The van der Waals surface area contributed by atoms with Crippen molar-refractivity contribution in [2.75, 3.05) is 40.4 Å². The molecule has 0 fully saturated rings. The van der Waals surface area contributed by atoms with Gasteiger partial charge in [0, 0.05) is 38.2 Å². The summed E-state index contributed by atoms with van der Waals surface area (Å²) in [6.07, 6.45) is 0. The molecule has 1 rings (SSSR count). The highest BCUT2D eigenvalue weighted by molar-refractivity contribution is 7.09. The molecule has 16 heavy (non-hydrogen) atoms. The van der Waals surface area contributed by atoms with E-state index < -0.39 is 0 Å². The van der Waals surface area contributed by atoms with Crippen LogP contribution in [0.25, 0.3) is 0 Å². The molecule has 92 valence electrons. The van der Waals surface area contributed by atoms with Gasteiger partial charge in [-0.25, -0.2) is 4.98 Å². The molecule has 0 aliphatic carbocycles. The molecule has 0 saturated carbocycles. The molecule has 0 saturated heterocycles. The standard InChI is InChI=1S/C11H21N3OS/c1-10-11(16-9-13-10)8-12-4-5-14(2)6-7-15-3/h9,12H,4-8H2,1-3H3. The van der Waals surface area contributed by atoms with Crippen LogP contribution in [-0.4, -0.2) is 50.3 Å². The van der Waals surface area contributed by atoms with Crippen molar-refractivity contribution in [3.63, 3.8) is 0 Å². The second-order valence-electron chi connectivity index (χ2n) is 3.83. The molecular formula is C11H21N3OS. The Balaban J connectivity index is 2.06. The lowest BCUT2D eigenvalue weighted by Crippen LogP contribution is -2.31. The van der Waals surface area contributed by atoms with Crippen molar-refractivity contribution in [2.24, 2.45) is 0 Å². The predicted octanol–water partition coefficient (Wildman–Crippen LogP) is 1.12. The average molecular weight is 243 g/mol. The molecule has 0 aromatic carbocycles.